The molecule has 42 heavy (non-hydrogen) atoms. The molecule has 2 rings (SSSR count). The summed E-state index contributed by atoms with van der Waals surface area (Å²) in [6.45, 7) is 2.38. The van der Waals surface area contributed by atoms with Crippen molar-refractivity contribution in [2.24, 2.45) is 0 Å². The number of phenols is 1. The van der Waals surface area contributed by atoms with Gasteiger partial charge in [-0.15, -0.1) is 0 Å². The molecule has 1 saturated heterocycles. The van der Waals surface area contributed by atoms with Gasteiger partial charge in [-0.2, -0.15) is 0 Å². The number of unbranched alkanes of at least 4 members (excludes halogenated alkanes) is 12. The van der Waals surface area contributed by atoms with Gasteiger partial charge in [-0.25, -0.2) is 0 Å². The van der Waals surface area contributed by atoms with Gasteiger partial charge in [-0.3, -0.25) is 14.4 Å². The van der Waals surface area contributed by atoms with Gasteiger partial charge in [0, 0.05) is 13.0 Å². The number of carboxylic acid groups (broad SMARTS) is 1. The number of carbonyl (C=O) groups excluding carboxylic acids is 4. The van der Waals surface area contributed by atoms with Crippen LogP contribution in [-0.4, -0.2) is 58.9 Å². The molecule has 0 bridgehead atoms. The molecule has 1 fully saturated rings. The van der Waals surface area contributed by atoms with E-state index in [0.717, 1.165) is 25.7 Å². The number of rotatable bonds is 21. The van der Waals surface area contributed by atoms with E-state index in [-0.39, 0.29) is 47.6 Å². The molecule has 230 valence electrons. The largest absolute Gasteiger partial charge is 1.00 e. The Morgan fingerprint density at radius 3 is 2.00 bits per heavy atom. The van der Waals surface area contributed by atoms with Crippen molar-refractivity contribution in [1.29, 1.82) is 0 Å². The van der Waals surface area contributed by atoms with Crippen molar-refractivity contribution in [2.75, 3.05) is 13.1 Å². The van der Waals surface area contributed by atoms with Gasteiger partial charge in [-0.05, 0) is 43.4 Å². The third kappa shape index (κ3) is 15.4. The summed E-state index contributed by atoms with van der Waals surface area (Å²) in [5.74, 6) is -2.48. The van der Waals surface area contributed by atoms with Crippen LogP contribution in [0.25, 0.3) is 0 Å². The maximum atomic E-state index is 12.8. The summed E-state index contributed by atoms with van der Waals surface area (Å²) in [5.41, 5.74) is 0.602. The molecule has 0 spiro atoms. The Hall–Kier alpha value is -2.10. The second-order valence-corrected chi connectivity index (χ2v) is 11.3. The van der Waals surface area contributed by atoms with E-state index in [1.165, 1.54) is 76.3 Å². The summed E-state index contributed by atoms with van der Waals surface area (Å²) >= 11 is 0. The number of hydrogen-bond acceptors (Lipinski definition) is 6. The second-order valence-electron chi connectivity index (χ2n) is 11.3. The quantitative estimate of drug-likeness (QED) is 0.142. The number of nitrogens with zero attached hydrogens (tertiary/aromatic N) is 1. The Kier molecular flexibility index (Phi) is 20.3. The maximum absolute atomic E-state index is 12.8. The average Bonchev–Trinajstić information content (AvgIpc) is 3.45. The minimum Gasteiger partial charge on any atom is -0.548 e. The molecular formula is C32H50N3NaO6. The average molecular weight is 596 g/mol. The fourth-order valence-electron chi connectivity index (χ4n) is 5.37. The summed E-state index contributed by atoms with van der Waals surface area (Å²) in [6.07, 6.45) is 17.8. The van der Waals surface area contributed by atoms with Crippen LogP contribution in [0.1, 0.15) is 115 Å². The van der Waals surface area contributed by atoms with Crippen molar-refractivity contribution in [3.8, 4) is 5.75 Å². The van der Waals surface area contributed by atoms with Gasteiger partial charge in [0.05, 0.1) is 18.6 Å². The van der Waals surface area contributed by atoms with Crippen LogP contribution in [0.15, 0.2) is 24.3 Å². The smallest absolute Gasteiger partial charge is 0.548 e. The van der Waals surface area contributed by atoms with Gasteiger partial charge in [0.25, 0.3) is 0 Å². The Labute approximate surface area is 273 Å². The molecule has 2 atom stereocenters. The number of carboxylic acids is 1. The molecule has 3 amide bonds. The molecule has 9 nitrogen and oxygen atoms in total. The number of amides is 3. The molecular weight excluding hydrogens is 545 g/mol. The fraction of sp³-hybridized carbons (Fsp3) is 0.688. The van der Waals surface area contributed by atoms with Crippen LogP contribution in [0.3, 0.4) is 0 Å². The summed E-state index contributed by atoms with van der Waals surface area (Å²) in [5, 5.41) is 25.8. The van der Waals surface area contributed by atoms with Crippen LogP contribution < -0.4 is 45.3 Å². The van der Waals surface area contributed by atoms with E-state index < -0.39 is 36.4 Å². The summed E-state index contributed by atoms with van der Waals surface area (Å²) in [4.78, 5) is 51.0. The van der Waals surface area contributed by atoms with E-state index in [0.29, 0.717) is 24.9 Å². The molecule has 0 radical (unpaired) electrons. The first-order valence-corrected chi connectivity index (χ1v) is 15.7. The van der Waals surface area contributed by atoms with Crippen LogP contribution in [0.2, 0.25) is 0 Å². The van der Waals surface area contributed by atoms with Crippen LogP contribution in [0.5, 0.6) is 5.75 Å². The molecule has 1 heterocycles. The predicted molar refractivity (Wildman–Crippen MR) is 157 cm³/mol. The molecule has 1 aromatic carbocycles. The summed E-state index contributed by atoms with van der Waals surface area (Å²) in [6, 6.07) is 4.08. The van der Waals surface area contributed by atoms with Crippen LogP contribution in [-0.2, 0) is 25.6 Å². The van der Waals surface area contributed by atoms with Gasteiger partial charge in [-0.1, -0.05) is 96.1 Å². The first-order valence-electron chi connectivity index (χ1n) is 15.7. The number of aliphatic carboxylic acids is 1. The molecule has 0 saturated carbocycles. The van der Waals surface area contributed by atoms with Crippen LogP contribution >= 0.6 is 0 Å². The SMILES string of the molecule is CCCCCCCCCCCCCCCC(=O)N1CCC[C@H]1C(=O)NCC(=O)NC(Cc1ccc(O)cc1)C(=O)[O-].[Na+]. The number of phenolic OH excluding ortho intramolecular Hbond substituents is 1. The zero-order valence-corrected chi connectivity index (χ0v) is 27.8. The summed E-state index contributed by atoms with van der Waals surface area (Å²) < 4.78 is 0. The number of carbonyl (C=O) groups is 4. The Morgan fingerprint density at radius 2 is 1.45 bits per heavy atom. The molecule has 1 aromatic rings. The summed E-state index contributed by atoms with van der Waals surface area (Å²) in [7, 11) is 0. The van der Waals surface area contributed by atoms with Crippen LogP contribution in [0, 0.1) is 0 Å². The van der Waals surface area contributed by atoms with E-state index in [1.807, 2.05) is 0 Å². The Balaban J connectivity index is 0.00000882. The Bertz CT molecular complexity index is 943. The number of likely N-dealkylation sites (tertiary alicyclic amines) is 1. The first-order chi connectivity index (χ1) is 19.8. The van der Waals surface area contributed by atoms with Gasteiger partial charge >= 0.3 is 29.6 Å². The zero-order chi connectivity index (χ0) is 29.9. The van der Waals surface area contributed by atoms with Crippen molar-refractivity contribution < 1.29 is 58.9 Å². The van der Waals surface area contributed by atoms with Gasteiger partial charge in [0.2, 0.25) is 17.7 Å². The zero-order valence-electron chi connectivity index (χ0n) is 25.8. The topological polar surface area (TPSA) is 139 Å². The fourth-order valence-corrected chi connectivity index (χ4v) is 5.37. The van der Waals surface area contributed by atoms with E-state index in [4.69, 9.17) is 0 Å². The minimum atomic E-state index is -1.45. The molecule has 3 N–H and O–H groups in total. The molecule has 1 aliphatic heterocycles. The van der Waals surface area contributed by atoms with Crippen molar-refractivity contribution in [3.05, 3.63) is 29.8 Å². The number of aromatic hydroxyl groups is 1. The second kappa shape index (κ2) is 22.4. The van der Waals surface area contributed by atoms with E-state index in [9.17, 15) is 29.4 Å². The van der Waals surface area contributed by atoms with Gasteiger partial charge in [0.15, 0.2) is 0 Å². The number of hydrogen-bond donors (Lipinski definition) is 3. The number of nitrogens with one attached hydrogen (secondary N) is 2. The van der Waals surface area contributed by atoms with Crippen molar-refractivity contribution in [1.82, 2.24) is 15.5 Å². The van der Waals surface area contributed by atoms with Gasteiger partial charge in [0.1, 0.15) is 11.8 Å². The molecule has 0 aromatic heterocycles. The van der Waals surface area contributed by atoms with E-state index >= 15 is 0 Å². The van der Waals surface area contributed by atoms with Gasteiger partial charge < -0.3 is 30.5 Å². The first kappa shape index (κ1) is 37.9. The number of benzene rings is 1. The van der Waals surface area contributed by atoms with Crippen molar-refractivity contribution >= 4 is 23.7 Å². The third-order valence-corrected chi connectivity index (χ3v) is 7.79. The minimum absolute atomic E-state index is 0. The maximum Gasteiger partial charge on any atom is 1.00 e. The standard InChI is InChI=1S/C32H51N3O6.Na/c1-2-3-4-5-6-7-8-9-10-11-12-13-14-17-30(38)35-22-15-16-28(35)31(39)33-24-29(37)34-27(32(40)41)23-25-18-20-26(36)21-19-25;/h18-21,27-28,36H,2-17,22-24H2,1H3,(H,33,39)(H,34,37)(H,40,41);/q;+1/p-1/t27?,28-;/m0./s1. The van der Waals surface area contributed by atoms with E-state index in [2.05, 4.69) is 17.6 Å². The van der Waals surface area contributed by atoms with Crippen molar-refractivity contribution in [3.63, 3.8) is 0 Å². The third-order valence-electron chi connectivity index (χ3n) is 7.79. The Morgan fingerprint density at radius 1 is 0.905 bits per heavy atom. The van der Waals surface area contributed by atoms with E-state index in [1.54, 1.807) is 17.0 Å². The molecule has 1 unspecified atom stereocenters. The normalized spacial score (nSPS) is 15.1. The molecule has 0 aliphatic carbocycles. The molecule has 10 heteroatoms. The monoisotopic (exact) mass is 595 g/mol. The van der Waals surface area contributed by atoms with Crippen molar-refractivity contribution in [2.45, 2.75) is 128 Å². The van der Waals surface area contributed by atoms with Crippen LogP contribution in [0.4, 0.5) is 0 Å². The molecule has 1 aliphatic rings. The predicted octanol–water partition coefficient (Wildman–Crippen LogP) is 0.762.